The number of carbonyl (C=O) groups excluding carboxylic acids is 1. The van der Waals surface area contributed by atoms with E-state index in [1.54, 1.807) is 6.92 Å². The molecule has 1 atom stereocenters. The molecule has 0 saturated carbocycles. The van der Waals surface area contributed by atoms with E-state index in [2.05, 4.69) is 6.07 Å². The van der Waals surface area contributed by atoms with Crippen molar-refractivity contribution in [2.45, 2.75) is 19.8 Å². The Bertz CT molecular complexity index is 514. The summed E-state index contributed by atoms with van der Waals surface area (Å²) in [5, 5.41) is 0. The molecule has 2 aromatic rings. The molecule has 0 N–H and O–H groups in total. The Kier molecular flexibility index (Phi) is 3.38. The Morgan fingerprint density at radius 2 is 1.94 bits per heavy atom. The zero-order valence-corrected chi connectivity index (χ0v) is 10.1. The molecule has 0 spiro atoms. The van der Waals surface area contributed by atoms with E-state index in [1.165, 1.54) is 0 Å². The maximum absolute atomic E-state index is 11.9. The fourth-order valence-corrected chi connectivity index (χ4v) is 2.13. The molecule has 0 heterocycles. The molecule has 1 heteroatoms. The topological polar surface area (TPSA) is 17.1 Å². The van der Waals surface area contributed by atoms with E-state index in [9.17, 15) is 4.79 Å². The summed E-state index contributed by atoms with van der Waals surface area (Å²) in [7, 11) is 0. The van der Waals surface area contributed by atoms with E-state index in [0.29, 0.717) is 0 Å². The molecule has 1 nitrogen and oxygen atoms in total. The minimum absolute atomic E-state index is 0.166. The second-order valence-corrected chi connectivity index (χ2v) is 4.24. The molecule has 2 rings (SSSR count). The molecule has 0 aromatic heterocycles. The molecule has 0 aliphatic carbocycles. The quantitative estimate of drug-likeness (QED) is 0.778. The van der Waals surface area contributed by atoms with Gasteiger partial charge in [0.25, 0.3) is 0 Å². The van der Waals surface area contributed by atoms with E-state index in [1.807, 2.05) is 55.5 Å². The second kappa shape index (κ2) is 4.96. The summed E-state index contributed by atoms with van der Waals surface area (Å²) in [6.07, 6.45) is 0. The molecule has 0 amide bonds. The van der Waals surface area contributed by atoms with Crippen molar-refractivity contribution >= 4 is 5.78 Å². The molecule has 0 saturated heterocycles. The number of carbonyl (C=O) groups is 1. The van der Waals surface area contributed by atoms with Gasteiger partial charge in [-0.2, -0.15) is 0 Å². The third-order valence-corrected chi connectivity index (χ3v) is 2.97. The van der Waals surface area contributed by atoms with Crippen LogP contribution < -0.4 is 0 Å². The molecule has 1 radical (unpaired) electrons. The first-order valence-corrected chi connectivity index (χ1v) is 5.72. The molecule has 85 valence electrons. The van der Waals surface area contributed by atoms with Gasteiger partial charge in [0.15, 0.2) is 0 Å². The van der Waals surface area contributed by atoms with Crippen LogP contribution >= 0.6 is 0 Å². The number of ketones is 1. The van der Waals surface area contributed by atoms with Crippen molar-refractivity contribution in [3.63, 3.8) is 0 Å². The summed E-state index contributed by atoms with van der Waals surface area (Å²) in [6.45, 7) is 3.68. The number of benzene rings is 2. The molecule has 0 aliphatic heterocycles. The normalized spacial score (nSPS) is 12.1. The molecule has 0 aliphatic rings. The van der Waals surface area contributed by atoms with E-state index < -0.39 is 0 Å². The summed E-state index contributed by atoms with van der Waals surface area (Å²) in [5.74, 6) is -0.00690. The highest BCUT2D eigenvalue weighted by Crippen LogP contribution is 2.27. The van der Waals surface area contributed by atoms with Gasteiger partial charge in [-0.15, -0.1) is 0 Å². The Hall–Kier alpha value is -1.89. The number of hydrogen-bond acceptors (Lipinski definition) is 1. The number of hydrogen-bond donors (Lipinski definition) is 0. The summed E-state index contributed by atoms with van der Waals surface area (Å²) in [4.78, 5) is 11.9. The van der Waals surface area contributed by atoms with Gasteiger partial charge < -0.3 is 0 Å². The Labute approximate surface area is 102 Å². The van der Waals surface area contributed by atoms with Gasteiger partial charge in [-0.05, 0) is 36.6 Å². The van der Waals surface area contributed by atoms with E-state index in [-0.39, 0.29) is 11.7 Å². The van der Waals surface area contributed by atoms with Gasteiger partial charge in [0, 0.05) is 0 Å². The third-order valence-electron chi connectivity index (χ3n) is 2.97. The molecule has 17 heavy (non-hydrogen) atoms. The first-order chi connectivity index (χ1) is 8.20. The van der Waals surface area contributed by atoms with Crippen LogP contribution in [0, 0.1) is 13.0 Å². The highest BCUT2D eigenvalue weighted by atomic mass is 16.1. The third kappa shape index (κ3) is 2.44. The van der Waals surface area contributed by atoms with Crippen LogP contribution in [0.25, 0.3) is 0 Å². The summed E-state index contributed by atoms with van der Waals surface area (Å²) >= 11 is 0. The van der Waals surface area contributed by atoms with Crippen LogP contribution in [0.3, 0.4) is 0 Å². The van der Waals surface area contributed by atoms with Crippen LogP contribution in [-0.4, -0.2) is 5.78 Å². The van der Waals surface area contributed by atoms with Crippen molar-refractivity contribution in [1.82, 2.24) is 0 Å². The summed E-state index contributed by atoms with van der Waals surface area (Å²) < 4.78 is 0. The minimum Gasteiger partial charge on any atom is -0.299 e. The van der Waals surface area contributed by atoms with Crippen LogP contribution in [0.4, 0.5) is 0 Å². The fourth-order valence-electron chi connectivity index (χ4n) is 2.13. The highest BCUT2D eigenvalue weighted by Gasteiger charge is 2.19. The fraction of sp³-hybridized carbons (Fsp3) is 0.188. The maximum atomic E-state index is 11.9. The van der Waals surface area contributed by atoms with Gasteiger partial charge in [0.05, 0.1) is 5.92 Å². The Morgan fingerprint density at radius 1 is 1.18 bits per heavy atom. The van der Waals surface area contributed by atoms with Gasteiger partial charge in [0.2, 0.25) is 0 Å². The molecule has 0 fully saturated rings. The molecular weight excluding hydrogens is 208 g/mol. The van der Waals surface area contributed by atoms with Crippen LogP contribution in [0.5, 0.6) is 0 Å². The van der Waals surface area contributed by atoms with Gasteiger partial charge >= 0.3 is 0 Å². The predicted molar refractivity (Wildman–Crippen MR) is 69.0 cm³/mol. The van der Waals surface area contributed by atoms with Gasteiger partial charge in [-0.1, -0.05) is 48.5 Å². The monoisotopic (exact) mass is 223 g/mol. The lowest BCUT2D eigenvalue weighted by molar-refractivity contribution is -0.117. The first kappa shape index (κ1) is 11.6. The minimum atomic E-state index is -0.173. The lowest BCUT2D eigenvalue weighted by atomic mass is 9.86. The predicted octanol–water partition coefficient (Wildman–Crippen LogP) is 3.52. The standard InChI is InChI=1S/C16H15O/c1-12-8-6-7-11-15(12)16(13(2)17)14-9-4-3-5-10-14/h3-4,6-11,16H,1-2H3. The van der Waals surface area contributed by atoms with Crippen molar-refractivity contribution in [1.29, 1.82) is 0 Å². The van der Waals surface area contributed by atoms with Crippen molar-refractivity contribution in [3.8, 4) is 0 Å². The number of rotatable bonds is 3. The zero-order valence-electron chi connectivity index (χ0n) is 10.1. The second-order valence-electron chi connectivity index (χ2n) is 4.24. The smallest absolute Gasteiger partial charge is 0.141 e. The van der Waals surface area contributed by atoms with Gasteiger partial charge in [-0.25, -0.2) is 0 Å². The average Bonchev–Trinajstić information content (AvgIpc) is 2.33. The van der Waals surface area contributed by atoms with Gasteiger partial charge in [0.1, 0.15) is 5.78 Å². The summed E-state index contributed by atoms with van der Waals surface area (Å²) in [5.41, 5.74) is 3.24. The van der Waals surface area contributed by atoms with Gasteiger partial charge in [-0.3, -0.25) is 4.79 Å². The summed E-state index contributed by atoms with van der Waals surface area (Å²) in [6, 6.07) is 18.7. The SMILES string of the molecule is CC(=O)C(c1c[c]ccc1)c1ccccc1C. The number of Topliss-reactive ketones (excluding diaryl/α,β-unsaturated/α-hetero) is 1. The number of aryl methyl sites for hydroxylation is 1. The van der Waals surface area contributed by atoms with Crippen LogP contribution in [0.2, 0.25) is 0 Å². The van der Waals surface area contributed by atoms with E-state index >= 15 is 0 Å². The lowest BCUT2D eigenvalue weighted by Crippen LogP contribution is -2.11. The molecule has 1 unspecified atom stereocenters. The lowest BCUT2D eigenvalue weighted by Gasteiger charge is -2.16. The molecular formula is C16H15O. The van der Waals surface area contributed by atoms with Crippen molar-refractivity contribution in [2.75, 3.05) is 0 Å². The van der Waals surface area contributed by atoms with E-state index in [0.717, 1.165) is 16.7 Å². The van der Waals surface area contributed by atoms with Crippen molar-refractivity contribution in [2.24, 2.45) is 0 Å². The van der Waals surface area contributed by atoms with E-state index in [4.69, 9.17) is 0 Å². The largest absolute Gasteiger partial charge is 0.299 e. The van der Waals surface area contributed by atoms with Crippen molar-refractivity contribution < 1.29 is 4.79 Å². The molecule has 2 aromatic carbocycles. The highest BCUT2D eigenvalue weighted by molar-refractivity contribution is 5.87. The first-order valence-electron chi connectivity index (χ1n) is 5.72. The van der Waals surface area contributed by atoms with Crippen LogP contribution in [0.1, 0.15) is 29.5 Å². The van der Waals surface area contributed by atoms with Crippen LogP contribution in [0.15, 0.2) is 48.5 Å². The average molecular weight is 223 g/mol. The zero-order chi connectivity index (χ0) is 12.3. The van der Waals surface area contributed by atoms with Crippen molar-refractivity contribution in [3.05, 3.63) is 71.3 Å². The maximum Gasteiger partial charge on any atom is 0.141 e. The molecule has 0 bridgehead atoms. The Morgan fingerprint density at radius 3 is 2.53 bits per heavy atom. The van der Waals surface area contributed by atoms with Crippen LogP contribution in [-0.2, 0) is 4.79 Å². The Balaban J connectivity index is 2.51.